The molecule has 76 valence electrons. The third-order valence-electron chi connectivity index (χ3n) is 2.48. The van der Waals surface area contributed by atoms with Crippen LogP contribution in [0.5, 0.6) is 0 Å². The number of aromatic amines is 1. The molecule has 0 aliphatic carbocycles. The van der Waals surface area contributed by atoms with Crippen LogP contribution in [0.15, 0.2) is 28.9 Å². The van der Waals surface area contributed by atoms with Gasteiger partial charge in [0.05, 0.1) is 11.6 Å². The fourth-order valence-electron chi connectivity index (χ4n) is 1.74. The number of unbranched alkanes of at least 4 members (excludes halogenated alkanes) is 1. The number of para-hydroxylation sites is 1. The molecule has 0 saturated carbocycles. The Kier molecular flexibility index (Phi) is 3.08. The Hall–Kier alpha value is -1.27. The van der Waals surface area contributed by atoms with Gasteiger partial charge in [0, 0.05) is 22.5 Å². The number of aromatic nitrogens is 1. The first-order valence-electron chi connectivity index (χ1n) is 4.94. The van der Waals surface area contributed by atoms with Crippen molar-refractivity contribution in [3.63, 3.8) is 0 Å². The molecule has 0 saturated heterocycles. The number of aryl methyl sites for hydroxylation is 1. The number of hydrogen-bond acceptors (Lipinski definition) is 1. The molecule has 1 aromatic carbocycles. The highest BCUT2D eigenvalue weighted by Gasteiger charge is 2.04. The topological polar surface area (TPSA) is 39.6 Å². The molecule has 1 heterocycles. The SMILES string of the molecule is N#CCCCc1c[nH]c2c(Br)cccc12. The van der Waals surface area contributed by atoms with Gasteiger partial charge in [-0.2, -0.15) is 5.26 Å². The smallest absolute Gasteiger partial charge is 0.0621 e. The minimum Gasteiger partial charge on any atom is -0.360 e. The normalized spacial score (nSPS) is 10.4. The standard InChI is InChI=1S/C12H11BrN2/c13-11-6-3-5-10-9(4-1-2-7-14)8-15-12(10)11/h3,5-6,8,15H,1-2,4H2. The van der Waals surface area contributed by atoms with E-state index in [0.717, 1.165) is 22.8 Å². The Balaban J connectivity index is 2.30. The van der Waals surface area contributed by atoms with Gasteiger partial charge in [0.25, 0.3) is 0 Å². The lowest BCUT2D eigenvalue weighted by molar-refractivity contribution is 0.855. The third kappa shape index (κ3) is 2.05. The predicted molar refractivity (Wildman–Crippen MR) is 64.5 cm³/mol. The number of nitrogens with one attached hydrogen (secondary N) is 1. The zero-order valence-corrected chi connectivity index (χ0v) is 9.84. The van der Waals surface area contributed by atoms with Gasteiger partial charge in [-0.25, -0.2) is 0 Å². The van der Waals surface area contributed by atoms with Gasteiger partial charge in [-0.1, -0.05) is 12.1 Å². The Bertz CT molecular complexity index is 508. The molecule has 0 radical (unpaired) electrons. The van der Waals surface area contributed by atoms with E-state index in [4.69, 9.17) is 5.26 Å². The molecule has 0 atom stereocenters. The van der Waals surface area contributed by atoms with Crippen molar-refractivity contribution in [1.29, 1.82) is 5.26 Å². The maximum atomic E-state index is 8.49. The van der Waals surface area contributed by atoms with Crippen LogP contribution in [-0.4, -0.2) is 4.98 Å². The summed E-state index contributed by atoms with van der Waals surface area (Å²) in [5.74, 6) is 0. The Morgan fingerprint density at radius 2 is 2.27 bits per heavy atom. The number of nitrogens with zero attached hydrogens (tertiary/aromatic N) is 1. The molecule has 1 aromatic heterocycles. The second-order valence-corrected chi connectivity index (χ2v) is 4.34. The Morgan fingerprint density at radius 3 is 3.07 bits per heavy atom. The van der Waals surface area contributed by atoms with E-state index in [0.29, 0.717) is 6.42 Å². The van der Waals surface area contributed by atoms with E-state index in [1.165, 1.54) is 10.9 Å². The summed E-state index contributed by atoms with van der Waals surface area (Å²) in [5.41, 5.74) is 2.44. The molecule has 0 amide bonds. The third-order valence-corrected chi connectivity index (χ3v) is 3.15. The lowest BCUT2D eigenvalue weighted by Gasteiger charge is -1.97. The molecule has 15 heavy (non-hydrogen) atoms. The molecule has 0 unspecified atom stereocenters. The summed E-state index contributed by atoms with van der Waals surface area (Å²) in [7, 11) is 0. The minimum atomic E-state index is 0.626. The molecule has 0 aliphatic rings. The molecular weight excluding hydrogens is 252 g/mol. The van der Waals surface area contributed by atoms with E-state index < -0.39 is 0 Å². The van der Waals surface area contributed by atoms with Crippen LogP contribution >= 0.6 is 15.9 Å². The van der Waals surface area contributed by atoms with E-state index in [-0.39, 0.29) is 0 Å². The summed E-state index contributed by atoms with van der Waals surface area (Å²) < 4.78 is 1.09. The first-order valence-corrected chi connectivity index (χ1v) is 5.73. The Morgan fingerprint density at radius 1 is 1.40 bits per heavy atom. The summed E-state index contributed by atoms with van der Waals surface area (Å²) in [6.07, 6.45) is 4.55. The van der Waals surface area contributed by atoms with E-state index in [9.17, 15) is 0 Å². The average Bonchev–Trinajstić information content (AvgIpc) is 2.64. The van der Waals surface area contributed by atoms with E-state index >= 15 is 0 Å². The van der Waals surface area contributed by atoms with Gasteiger partial charge < -0.3 is 4.98 Å². The second-order valence-electron chi connectivity index (χ2n) is 3.49. The van der Waals surface area contributed by atoms with Crippen molar-refractivity contribution in [2.45, 2.75) is 19.3 Å². The number of H-pyrrole nitrogens is 1. The highest BCUT2D eigenvalue weighted by atomic mass is 79.9. The molecule has 2 aromatic rings. The molecule has 0 aliphatic heterocycles. The zero-order chi connectivity index (χ0) is 10.7. The van der Waals surface area contributed by atoms with Crippen LogP contribution < -0.4 is 0 Å². The molecule has 2 rings (SSSR count). The van der Waals surface area contributed by atoms with Crippen LogP contribution in [0.2, 0.25) is 0 Å². The first-order chi connectivity index (χ1) is 7.33. The predicted octanol–water partition coefficient (Wildman–Crippen LogP) is 3.78. The van der Waals surface area contributed by atoms with Gasteiger partial charge in [0.2, 0.25) is 0 Å². The fourth-order valence-corrected chi connectivity index (χ4v) is 2.22. The van der Waals surface area contributed by atoms with Crippen molar-refractivity contribution >= 4 is 26.8 Å². The summed E-state index contributed by atoms with van der Waals surface area (Å²) in [4.78, 5) is 3.25. The molecule has 0 spiro atoms. The number of fused-ring (bicyclic) bond motifs is 1. The van der Waals surface area contributed by atoms with Crippen molar-refractivity contribution in [3.8, 4) is 6.07 Å². The second kappa shape index (κ2) is 4.50. The summed E-state index contributed by atoms with van der Waals surface area (Å²) in [6.45, 7) is 0. The summed E-state index contributed by atoms with van der Waals surface area (Å²) >= 11 is 3.51. The average molecular weight is 263 g/mol. The minimum absolute atomic E-state index is 0.626. The largest absolute Gasteiger partial charge is 0.360 e. The molecular formula is C12H11BrN2. The highest BCUT2D eigenvalue weighted by molar-refractivity contribution is 9.10. The van der Waals surface area contributed by atoms with Gasteiger partial charge in [0.15, 0.2) is 0 Å². The van der Waals surface area contributed by atoms with E-state index in [2.05, 4.69) is 33.0 Å². The van der Waals surface area contributed by atoms with Crippen molar-refractivity contribution in [2.24, 2.45) is 0 Å². The highest BCUT2D eigenvalue weighted by Crippen LogP contribution is 2.26. The Labute approximate surface area is 97.0 Å². The zero-order valence-electron chi connectivity index (χ0n) is 8.26. The van der Waals surface area contributed by atoms with Crippen molar-refractivity contribution in [1.82, 2.24) is 4.98 Å². The van der Waals surface area contributed by atoms with Crippen LogP contribution in [0.4, 0.5) is 0 Å². The lowest BCUT2D eigenvalue weighted by atomic mass is 10.1. The number of halogens is 1. The quantitative estimate of drug-likeness (QED) is 0.841. The number of rotatable bonds is 3. The van der Waals surface area contributed by atoms with Gasteiger partial charge in [-0.15, -0.1) is 0 Å². The van der Waals surface area contributed by atoms with Crippen LogP contribution in [0.1, 0.15) is 18.4 Å². The summed E-state index contributed by atoms with van der Waals surface area (Å²) in [5, 5.41) is 9.74. The van der Waals surface area contributed by atoms with Gasteiger partial charge in [-0.05, 0) is 40.4 Å². The summed E-state index contributed by atoms with van der Waals surface area (Å²) in [6, 6.07) is 8.34. The fraction of sp³-hybridized carbons (Fsp3) is 0.250. The van der Waals surface area contributed by atoms with Crippen molar-refractivity contribution < 1.29 is 0 Å². The van der Waals surface area contributed by atoms with Crippen molar-refractivity contribution in [3.05, 3.63) is 34.4 Å². The lowest BCUT2D eigenvalue weighted by Crippen LogP contribution is -1.82. The van der Waals surface area contributed by atoms with Gasteiger partial charge >= 0.3 is 0 Å². The maximum Gasteiger partial charge on any atom is 0.0621 e. The number of nitriles is 1. The molecule has 2 nitrogen and oxygen atoms in total. The molecule has 1 N–H and O–H groups in total. The molecule has 3 heteroatoms. The van der Waals surface area contributed by atoms with Crippen LogP contribution in [0.25, 0.3) is 10.9 Å². The van der Waals surface area contributed by atoms with Crippen LogP contribution in [0.3, 0.4) is 0 Å². The van der Waals surface area contributed by atoms with Crippen LogP contribution in [0, 0.1) is 11.3 Å². The van der Waals surface area contributed by atoms with E-state index in [1.54, 1.807) is 0 Å². The van der Waals surface area contributed by atoms with Gasteiger partial charge in [-0.3, -0.25) is 0 Å². The van der Waals surface area contributed by atoms with E-state index in [1.807, 2.05) is 18.3 Å². The van der Waals surface area contributed by atoms with Gasteiger partial charge in [0.1, 0.15) is 0 Å². The van der Waals surface area contributed by atoms with Crippen LogP contribution in [-0.2, 0) is 6.42 Å². The van der Waals surface area contributed by atoms with Crippen molar-refractivity contribution in [2.75, 3.05) is 0 Å². The monoisotopic (exact) mass is 262 g/mol. The number of hydrogen-bond donors (Lipinski definition) is 1. The molecule has 0 bridgehead atoms. The first kappa shape index (κ1) is 10.3. The maximum absolute atomic E-state index is 8.49. The molecule has 0 fully saturated rings. The number of benzene rings is 1.